The van der Waals surface area contributed by atoms with Gasteiger partial charge in [0.1, 0.15) is 5.82 Å². The van der Waals surface area contributed by atoms with Crippen LogP contribution in [-0.2, 0) is 15.5 Å². The third-order valence-electron chi connectivity index (χ3n) is 1.66. The highest BCUT2D eigenvalue weighted by atomic mass is 31.2. The van der Waals surface area contributed by atoms with E-state index < -0.39 is 7.60 Å². The molecule has 0 saturated carbocycles. The van der Waals surface area contributed by atoms with Crippen LogP contribution in [0.4, 0.5) is 4.39 Å². The largest absolute Gasteiger partial charge is 0.325 e. The van der Waals surface area contributed by atoms with E-state index in [9.17, 15) is 8.96 Å². The molecular weight excluding hydrogens is 206 g/mol. The van der Waals surface area contributed by atoms with Gasteiger partial charge in [-0.1, -0.05) is 18.2 Å². The summed E-state index contributed by atoms with van der Waals surface area (Å²) in [5, 5.41) is 0. The number of hydrogen-bond acceptors (Lipinski definition) is 2. The molecule has 0 aromatic heterocycles. The number of rotatable bonds is 4. The summed E-state index contributed by atoms with van der Waals surface area (Å²) in [6.45, 7) is 1.15. The molecule has 0 aliphatic heterocycles. The van der Waals surface area contributed by atoms with Crippen molar-refractivity contribution < 1.29 is 18.4 Å². The molecule has 0 aliphatic rings. The van der Waals surface area contributed by atoms with Crippen molar-refractivity contribution in [1.82, 2.24) is 0 Å². The zero-order valence-electron chi connectivity index (χ0n) is 7.81. The van der Waals surface area contributed by atoms with Gasteiger partial charge < -0.3 is 9.42 Å². The van der Waals surface area contributed by atoms with Gasteiger partial charge in [-0.15, -0.1) is 0 Å². The summed E-state index contributed by atoms with van der Waals surface area (Å²) in [6, 6.07) is 6.27. The van der Waals surface area contributed by atoms with E-state index in [0.717, 1.165) is 6.66 Å². The van der Waals surface area contributed by atoms with Crippen LogP contribution in [0, 0.1) is 5.82 Å². The average Bonchev–Trinajstić information content (AvgIpc) is 2.06. The van der Waals surface area contributed by atoms with E-state index in [2.05, 4.69) is 4.52 Å². The summed E-state index contributed by atoms with van der Waals surface area (Å²) in [4.78, 5) is 8.80. The molecule has 78 valence electrons. The van der Waals surface area contributed by atoms with Crippen molar-refractivity contribution >= 4 is 7.60 Å². The van der Waals surface area contributed by atoms with Gasteiger partial charge in [-0.25, -0.2) is 4.39 Å². The first-order chi connectivity index (χ1) is 6.49. The Bertz CT molecular complexity index is 348. The van der Waals surface area contributed by atoms with Crippen LogP contribution in [0.2, 0.25) is 0 Å². The van der Waals surface area contributed by atoms with E-state index >= 15 is 0 Å². The van der Waals surface area contributed by atoms with Gasteiger partial charge in [-0.05, 0) is 18.1 Å². The molecule has 0 spiro atoms. The van der Waals surface area contributed by atoms with Crippen LogP contribution in [0.25, 0.3) is 0 Å². The number of halogens is 1. The monoisotopic (exact) mass is 218 g/mol. The van der Waals surface area contributed by atoms with Crippen LogP contribution in [0.1, 0.15) is 5.56 Å². The second-order valence-electron chi connectivity index (χ2n) is 2.98. The van der Waals surface area contributed by atoms with E-state index in [-0.39, 0.29) is 12.4 Å². The molecule has 1 aromatic carbocycles. The Hall–Kier alpha value is -0.700. The molecule has 1 aromatic rings. The van der Waals surface area contributed by atoms with Gasteiger partial charge >= 0.3 is 7.60 Å². The molecule has 0 saturated heterocycles. The minimum atomic E-state index is -3.44. The summed E-state index contributed by atoms with van der Waals surface area (Å²) < 4.78 is 28.4. The Labute approximate surface area is 82.1 Å². The Morgan fingerprint density at radius 2 is 2.14 bits per heavy atom. The molecule has 5 heteroatoms. The molecule has 3 nitrogen and oxygen atoms in total. The summed E-state index contributed by atoms with van der Waals surface area (Å²) in [6.07, 6.45) is 0.297. The van der Waals surface area contributed by atoms with Gasteiger partial charge in [0.25, 0.3) is 0 Å². The van der Waals surface area contributed by atoms with Crippen molar-refractivity contribution in [3.63, 3.8) is 0 Å². The zero-order valence-corrected chi connectivity index (χ0v) is 8.71. The summed E-state index contributed by atoms with van der Waals surface area (Å²) >= 11 is 0. The van der Waals surface area contributed by atoms with Crippen molar-refractivity contribution in [3.05, 3.63) is 35.6 Å². The van der Waals surface area contributed by atoms with Gasteiger partial charge in [0.05, 0.1) is 6.61 Å². The molecule has 14 heavy (non-hydrogen) atoms. The fourth-order valence-electron chi connectivity index (χ4n) is 1.03. The number of hydrogen-bond donors (Lipinski definition) is 1. The lowest BCUT2D eigenvalue weighted by Gasteiger charge is -2.06. The topological polar surface area (TPSA) is 46.5 Å². The second kappa shape index (κ2) is 4.69. The predicted molar refractivity (Wildman–Crippen MR) is 51.8 cm³/mol. The first kappa shape index (κ1) is 11.4. The molecule has 0 fully saturated rings. The quantitative estimate of drug-likeness (QED) is 0.788. The zero-order chi connectivity index (χ0) is 10.6. The maximum Gasteiger partial charge on any atom is 0.325 e. The Kier molecular flexibility index (Phi) is 3.81. The van der Waals surface area contributed by atoms with Crippen LogP contribution in [-0.4, -0.2) is 18.2 Å². The second-order valence-corrected chi connectivity index (χ2v) is 4.84. The highest BCUT2D eigenvalue weighted by Crippen LogP contribution is 2.36. The molecule has 1 unspecified atom stereocenters. The fourth-order valence-corrected chi connectivity index (χ4v) is 1.46. The van der Waals surface area contributed by atoms with Crippen molar-refractivity contribution in [1.29, 1.82) is 0 Å². The smallest absolute Gasteiger partial charge is 0.324 e. The molecule has 1 atom stereocenters. The first-order valence-corrected chi connectivity index (χ1v) is 6.20. The lowest BCUT2D eigenvalue weighted by atomic mass is 10.1. The fraction of sp³-hybridized carbons (Fsp3) is 0.333. The molecule has 0 aliphatic carbocycles. The predicted octanol–water partition coefficient (Wildman–Crippen LogP) is 2.20. The van der Waals surface area contributed by atoms with Gasteiger partial charge in [0.15, 0.2) is 0 Å². The van der Waals surface area contributed by atoms with Gasteiger partial charge in [-0.3, -0.25) is 4.57 Å². The molecule has 0 radical (unpaired) electrons. The standard InChI is InChI=1S/C9H12FO3P/c1-14(11,12)13-7-6-8-4-2-3-5-9(8)10/h2-5H,6-7H2,1H3,(H,11,12). The minimum Gasteiger partial charge on any atom is -0.324 e. The molecule has 1 rings (SSSR count). The van der Waals surface area contributed by atoms with Gasteiger partial charge in [-0.2, -0.15) is 0 Å². The SMILES string of the molecule is CP(=O)(O)OCCc1ccccc1F. The lowest BCUT2D eigenvalue weighted by Crippen LogP contribution is -1.98. The van der Waals surface area contributed by atoms with Crippen molar-refractivity contribution in [2.24, 2.45) is 0 Å². The highest BCUT2D eigenvalue weighted by molar-refractivity contribution is 7.51. The normalized spacial score (nSPS) is 15.1. The summed E-state index contributed by atoms with van der Waals surface area (Å²) in [5.41, 5.74) is 0.487. The van der Waals surface area contributed by atoms with Crippen molar-refractivity contribution in [2.45, 2.75) is 6.42 Å². The van der Waals surface area contributed by atoms with E-state index in [4.69, 9.17) is 4.89 Å². The lowest BCUT2D eigenvalue weighted by molar-refractivity contribution is 0.267. The van der Waals surface area contributed by atoms with Crippen molar-refractivity contribution in [3.8, 4) is 0 Å². The average molecular weight is 218 g/mol. The number of benzene rings is 1. The van der Waals surface area contributed by atoms with Crippen LogP contribution >= 0.6 is 7.60 Å². The summed E-state index contributed by atoms with van der Waals surface area (Å²) in [5.74, 6) is -0.319. The van der Waals surface area contributed by atoms with Crippen LogP contribution in [0.3, 0.4) is 0 Å². The third kappa shape index (κ3) is 4.01. The van der Waals surface area contributed by atoms with Gasteiger partial charge in [0, 0.05) is 6.66 Å². The molecular formula is C9H12FO3P. The Balaban J connectivity index is 2.47. The minimum absolute atomic E-state index is 0.0468. The first-order valence-electron chi connectivity index (χ1n) is 4.17. The Morgan fingerprint density at radius 3 is 2.71 bits per heavy atom. The molecule has 0 amide bonds. The highest BCUT2D eigenvalue weighted by Gasteiger charge is 2.09. The molecule has 1 N–H and O–H groups in total. The van der Waals surface area contributed by atoms with Crippen molar-refractivity contribution in [2.75, 3.05) is 13.3 Å². The van der Waals surface area contributed by atoms with E-state index in [1.807, 2.05) is 0 Å². The van der Waals surface area contributed by atoms with Crippen LogP contribution in [0.5, 0.6) is 0 Å². The Morgan fingerprint density at radius 1 is 1.50 bits per heavy atom. The maximum absolute atomic E-state index is 13.0. The maximum atomic E-state index is 13.0. The van der Waals surface area contributed by atoms with E-state index in [1.165, 1.54) is 6.07 Å². The van der Waals surface area contributed by atoms with E-state index in [0.29, 0.717) is 12.0 Å². The summed E-state index contributed by atoms with van der Waals surface area (Å²) in [7, 11) is -3.44. The van der Waals surface area contributed by atoms with Crippen LogP contribution in [0.15, 0.2) is 24.3 Å². The molecule has 0 bridgehead atoms. The third-order valence-corrected chi connectivity index (χ3v) is 2.32. The molecule has 0 heterocycles. The van der Waals surface area contributed by atoms with Gasteiger partial charge in [0.2, 0.25) is 0 Å². The van der Waals surface area contributed by atoms with Crippen LogP contribution < -0.4 is 0 Å². The van der Waals surface area contributed by atoms with E-state index in [1.54, 1.807) is 18.2 Å².